The highest BCUT2D eigenvalue weighted by Crippen LogP contribution is 2.40. The molecule has 1 aliphatic heterocycles. The summed E-state index contributed by atoms with van der Waals surface area (Å²) in [5.41, 5.74) is 1.60. The van der Waals surface area contributed by atoms with Crippen molar-refractivity contribution in [2.24, 2.45) is 11.8 Å². The van der Waals surface area contributed by atoms with E-state index in [1.54, 1.807) is 5.57 Å². The fourth-order valence-corrected chi connectivity index (χ4v) is 3.50. The van der Waals surface area contributed by atoms with Crippen molar-refractivity contribution in [2.75, 3.05) is 6.54 Å². The number of carbonyl (C=O) groups is 1. The SMILES string of the molecule is CCCC(=O)N1CCC2C(C(C)C)=CCCC21. The van der Waals surface area contributed by atoms with Crippen LogP contribution in [0.15, 0.2) is 11.6 Å². The minimum Gasteiger partial charge on any atom is -0.339 e. The quantitative estimate of drug-likeness (QED) is 0.687. The molecule has 0 aromatic heterocycles. The van der Waals surface area contributed by atoms with E-state index in [1.165, 1.54) is 12.8 Å². The number of amides is 1. The van der Waals surface area contributed by atoms with Gasteiger partial charge in [0.2, 0.25) is 5.91 Å². The van der Waals surface area contributed by atoms with Gasteiger partial charge >= 0.3 is 0 Å². The highest BCUT2D eigenvalue weighted by atomic mass is 16.2. The first kappa shape index (κ1) is 12.7. The van der Waals surface area contributed by atoms with Gasteiger partial charge in [-0.1, -0.05) is 32.4 Å². The largest absolute Gasteiger partial charge is 0.339 e. The fourth-order valence-electron chi connectivity index (χ4n) is 3.50. The summed E-state index contributed by atoms with van der Waals surface area (Å²) in [6.07, 6.45) is 7.65. The van der Waals surface area contributed by atoms with Gasteiger partial charge in [-0.25, -0.2) is 0 Å². The smallest absolute Gasteiger partial charge is 0.222 e. The summed E-state index contributed by atoms with van der Waals surface area (Å²) in [7, 11) is 0. The van der Waals surface area contributed by atoms with E-state index in [0.717, 1.165) is 25.8 Å². The Morgan fingerprint density at radius 1 is 1.47 bits per heavy atom. The maximum absolute atomic E-state index is 12.1. The van der Waals surface area contributed by atoms with E-state index in [4.69, 9.17) is 0 Å². The maximum atomic E-state index is 12.1. The van der Waals surface area contributed by atoms with Gasteiger partial charge in [-0.2, -0.15) is 0 Å². The van der Waals surface area contributed by atoms with Gasteiger partial charge in [0.1, 0.15) is 0 Å². The minimum absolute atomic E-state index is 0.380. The second-order valence-corrected chi connectivity index (χ2v) is 5.74. The summed E-state index contributed by atoms with van der Waals surface area (Å²) in [4.78, 5) is 14.3. The van der Waals surface area contributed by atoms with E-state index >= 15 is 0 Å². The van der Waals surface area contributed by atoms with Gasteiger partial charge in [0.25, 0.3) is 0 Å². The van der Waals surface area contributed by atoms with E-state index in [1.807, 2.05) is 0 Å². The summed E-state index contributed by atoms with van der Waals surface area (Å²) < 4.78 is 0. The number of allylic oxidation sites excluding steroid dienone is 1. The number of likely N-dealkylation sites (tertiary alicyclic amines) is 1. The van der Waals surface area contributed by atoms with Crippen LogP contribution in [0.25, 0.3) is 0 Å². The summed E-state index contributed by atoms with van der Waals surface area (Å²) in [5.74, 6) is 1.68. The van der Waals surface area contributed by atoms with Crippen molar-refractivity contribution in [1.29, 1.82) is 0 Å². The lowest BCUT2D eigenvalue weighted by Crippen LogP contribution is -2.39. The lowest BCUT2D eigenvalue weighted by Gasteiger charge is -2.33. The van der Waals surface area contributed by atoms with Crippen LogP contribution in [0, 0.1) is 11.8 Å². The van der Waals surface area contributed by atoms with Gasteiger partial charge in [-0.15, -0.1) is 0 Å². The molecule has 2 nitrogen and oxygen atoms in total. The third-order valence-electron chi connectivity index (χ3n) is 4.27. The van der Waals surface area contributed by atoms with Crippen molar-refractivity contribution in [3.8, 4) is 0 Å². The zero-order valence-corrected chi connectivity index (χ0v) is 11.4. The molecule has 0 radical (unpaired) electrons. The Balaban J connectivity index is 2.09. The average molecular weight is 235 g/mol. The molecule has 17 heavy (non-hydrogen) atoms. The Hall–Kier alpha value is -0.790. The molecular formula is C15H25NO. The Morgan fingerprint density at radius 2 is 2.24 bits per heavy atom. The molecule has 1 amide bonds. The van der Waals surface area contributed by atoms with Crippen molar-refractivity contribution >= 4 is 5.91 Å². The second kappa shape index (κ2) is 5.24. The van der Waals surface area contributed by atoms with Crippen LogP contribution in [0.5, 0.6) is 0 Å². The normalized spacial score (nSPS) is 28.2. The van der Waals surface area contributed by atoms with Gasteiger partial charge in [0.05, 0.1) is 0 Å². The molecule has 1 heterocycles. The molecule has 0 bridgehead atoms. The molecule has 0 aromatic rings. The van der Waals surface area contributed by atoms with Crippen molar-refractivity contribution in [2.45, 2.75) is 58.9 Å². The Morgan fingerprint density at radius 3 is 2.88 bits per heavy atom. The van der Waals surface area contributed by atoms with Gasteiger partial charge in [0, 0.05) is 24.9 Å². The van der Waals surface area contributed by atoms with Crippen molar-refractivity contribution < 1.29 is 4.79 Å². The molecule has 1 aliphatic carbocycles. The lowest BCUT2D eigenvalue weighted by molar-refractivity contribution is -0.132. The molecule has 0 aromatic carbocycles. The molecule has 2 unspecified atom stereocenters. The number of hydrogen-bond donors (Lipinski definition) is 0. The van der Waals surface area contributed by atoms with Crippen molar-refractivity contribution in [1.82, 2.24) is 4.90 Å². The fraction of sp³-hybridized carbons (Fsp3) is 0.800. The molecule has 2 aliphatic rings. The van der Waals surface area contributed by atoms with Gasteiger partial charge in [0.15, 0.2) is 0 Å². The molecule has 2 heteroatoms. The molecular weight excluding hydrogens is 210 g/mol. The van der Waals surface area contributed by atoms with E-state index in [9.17, 15) is 4.79 Å². The molecule has 2 atom stereocenters. The second-order valence-electron chi connectivity index (χ2n) is 5.74. The highest BCUT2D eigenvalue weighted by Gasteiger charge is 2.39. The number of nitrogens with zero attached hydrogens (tertiary/aromatic N) is 1. The number of carbonyl (C=O) groups excluding carboxylic acids is 1. The number of hydrogen-bond acceptors (Lipinski definition) is 1. The van der Waals surface area contributed by atoms with Gasteiger partial charge < -0.3 is 4.90 Å². The first-order valence-corrected chi connectivity index (χ1v) is 7.14. The van der Waals surface area contributed by atoms with Crippen LogP contribution < -0.4 is 0 Å². The monoisotopic (exact) mass is 235 g/mol. The zero-order valence-electron chi connectivity index (χ0n) is 11.4. The zero-order chi connectivity index (χ0) is 12.4. The standard InChI is InChI=1S/C15H25NO/c1-4-6-15(17)16-10-9-13-12(11(2)3)7-5-8-14(13)16/h7,11,13-14H,4-6,8-10H2,1-3H3. The van der Waals surface area contributed by atoms with Gasteiger partial charge in [-0.05, 0) is 31.6 Å². The summed E-state index contributed by atoms with van der Waals surface area (Å²) in [6, 6.07) is 0.511. The van der Waals surface area contributed by atoms with E-state index in [-0.39, 0.29) is 0 Å². The third-order valence-corrected chi connectivity index (χ3v) is 4.27. The summed E-state index contributed by atoms with van der Waals surface area (Å²) in [6.45, 7) is 7.64. The van der Waals surface area contributed by atoms with Crippen LogP contribution >= 0.6 is 0 Å². The predicted octanol–water partition coefficient (Wildman–Crippen LogP) is 3.38. The Kier molecular flexibility index (Phi) is 3.90. The maximum Gasteiger partial charge on any atom is 0.222 e. The highest BCUT2D eigenvalue weighted by molar-refractivity contribution is 5.77. The third kappa shape index (κ3) is 2.41. The van der Waals surface area contributed by atoms with E-state index < -0.39 is 0 Å². The van der Waals surface area contributed by atoms with Crippen LogP contribution in [0.3, 0.4) is 0 Å². The summed E-state index contributed by atoms with van der Waals surface area (Å²) in [5, 5.41) is 0. The minimum atomic E-state index is 0.380. The Bertz CT molecular complexity index is 319. The average Bonchev–Trinajstić information content (AvgIpc) is 2.72. The predicted molar refractivity (Wildman–Crippen MR) is 70.7 cm³/mol. The molecule has 1 fully saturated rings. The Labute approximate surface area is 105 Å². The van der Waals surface area contributed by atoms with Crippen LogP contribution in [0.2, 0.25) is 0 Å². The number of fused-ring (bicyclic) bond motifs is 1. The van der Waals surface area contributed by atoms with Crippen molar-refractivity contribution in [3.05, 3.63) is 11.6 Å². The number of rotatable bonds is 3. The van der Waals surface area contributed by atoms with E-state index in [0.29, 0.717) is 23.8 Å². The van der Waals surface area contributed by atoms with Crippen LogP contribution in [0.1, 0.15) is 52.9 Å². The molecule has 0 spiro atoms. The topological polar surface area (TPSA) is 20.3 Å². The molecule has 0 saturated carbocycles. The molecule has 1 saturated heterocycles. The van der Waals surface area contributed by atoms with Crippen LogP contribution in [-0.2, 0) is 4.79 Å². The van der Waals surface area contributed by atoms with Crippen LogP contribution in [0.4, 0.5) is 0 Å². The first-order valence-electron chi connectivity index (χ1n) is 7.14. The molecule has 0 N–H and O–H groups in total. The lowest BCUT2D eigenvalue weighted by atomic mass is 9.79. The van der Waals surface area contributed by atoms with E-state index in [2.05, 4.69) is 31.7 Å². The van der Waals surface area contributed by atoms with Crippen molar-refractivity contribution in [3.63, 3.8) is 0 Å². The first-order chi connectivity index (χ1) is 8.15. The summed E-state index contributed by atoms with van der Waals surface area (Å²) >= 11 is 0. The van der Waals surface area contributed by atoms with Crippen LogP contribution in [-0.4, -0.2) is 23.4 Å². The van der Waals surface area contributed by atoms with Gasteiger partial charge in [-0.3, -0.25) is 4.79 Å². The molecule has 96 valence electrons. The molecule has 2 rings (SSSR count).